The van der Waals surface area contributed by atoms with Crippen LogP contribution in [0.25, 0.3) is 5.69 Å². The van der Waals surface area contributed by atoms with Gasteiger partial charge in [0.15, 0.2) is 6.61 Å². The van der Waals surface area contributed by atoms with E-state index in [1.807, 2.05) is 0 Å². The van der Waals surface area contributed by atoms with Gasteiger partial charge in [-0.2, -0.15) is 0 Å². The number of benzene rings is 2. The molecule has 8 nitrogen and oxygen atoms in total. The van der Waals surface area contributed by atoms with Gasteiger partial charge in [-0.05, 0) is 61.9 Å². The number of nitrogens with zero attached hydrogens (tertiary/aromatic N) is 1. The molecule has 2 aromatic carbocycles. The summed E-state index contributed by atoms with van der Waals surface area (Å²) in [5.74, 6) is -1.48. The first-order valence-electron chi connectivity index (χ1n) is 10.3. The molecule has 0 saturated carbocycles. The van der Waals surface area contributed by atoms with Crippen LogP contribution in [0.3, 0.4) is 0 Å². The van der Waals surface area contributed by atoms with Crippen molar-refractivity contribution in [1.29, 1.82) is 0 Å². The number of Topliss-reactive ketones (excluding diaryl/α,β-unsaturated/α-hetero) is 1. The Labute approximate surface area is 198 Å². The molecule has 2 amide bonds. The Morgan fingerprint density at radius 3 is 2.20 bits per heavy atom. The summed E-state index contributed by atoms with van der Waals surface area (Å²) in [5, 5.41) is 2.43. The monoisotopic (exact) mass is 489 g/mol. The number of rotatable bonds is 8. The summed E-state index contributed by atoms with van der Waals surface area (Å²) in [6.07, 6.45) is -4.79. The fraction of sp³-hybridized carbons (Fsp3) is 0.208. The van der Waals surface area contributed by atoms with Crippen molar-refractivity contribution in [3.63, 3.8) is 0 Å². The molecule has 3 rings (SSSR count). The van der Waals surface area contributed by atoms with E-state index in [1.165, 1.54) is 36.4 Å². The summed E-state index contributed by atoms with van der Waals surface area (Å²) in [6, 6.07) is 12.4. The van der Waals surface area contributed by atoms with Crippen LogP contribution in [0.15, 0.2) is 54.6 Å². The second kappa shape index (κ2) is 10.3. The molecule has 0 aliphatic rings. The lowest BCUT2D eigenvalue weighted by atomic mass is 10.1. The van der Waals surface area contributed by atoms with Crippen molar-refractivity contribution in [3.8, 4) is 11.4 Å². The summed E-state index contributed by atoms with van der Waals surface area (Å²) in [4.78, 5) is 35.8. The van der Waals surface area contributed by atoms with E-state index in [2.05, 4.69) is 10.1 Å². The summed E-state index contributed by atoms with van der Waals surface area (Å²) in [7, 11) is 0. The number of aryl methyl sites for hydroxylation is 1. The average molecular weight is 489 g/mol. The second-order valence-electron chi connectivity index (χ2n) is 7.58. The first kappa shape index (κ1) is 25.3. The molecule has 0 aliphatic carbocycles. The Morgan fingerprint density at radius 1 is 1.00 bits per heavy atom. The van der Waals surface area contributed by atoms with Gasteiger partial charge in [-0.25, -0.2) is 9.59 Å². The summed E-state index contributed by atoms with van der Waals surface area (Å²) < 4.78 is 47.9. The number of esters is 1. The number of alkyl halides is 3. The largest absolute Gasteiger partial charge is 0.573 e. The van der Waals surface area contributed by atoms with Crippen molar-refractivity contribution in [2.75, 3.05) is 6.61 Å². The highest BCUT2D eigenvalue weighted by Crippen LogP contribution is 2.26. The highest BCUT2D eigenvalue weighted by Gasteiger charge is 2.31. The van der Waals surface area contributed by atoms with E-state index in [1.54, 1.807) is 36.6 Å². The van der Waals surface area contributed by atoms with Crippen LogP contribution in [0, 0.1) is 13.8 Å². The molecular formula is C24H22F3N3O5. The maximum absolute atomic E-state index is 12.7. The predicted octanol–water partition coefficient (Wildman–Crippen LogP) is 4.20. The van der Waals surface area contributed by atoms with E-state index in [4.69, 9.17) is 10.5 Å². The first-order valence-corrected chi connectivity index (χ1v) is 10.3. The Bertz CT molecular complexity index is 1230. The highest BCUT2D eigenvalue weighted by molar-refractivity contribution is 6.00. The molecule has 3 N–H and O–H groups in total. The van der Waals surface area contributed by atoms with E-state index < -0.39 is 30.8 Å². The van der Waals surface area contributed by atoms with Crippen molar-refractivity contribution in [3.05, 3.63) is 82.7 Å². The van der Waals surface area contributed by atoms with E-state index in [-0.39, 0.29) is 17.9 Å². The molecule has 1 aromatic heterocycles. The third kappa shape index (κ3) is 6.62. The zero-order valence-electron chi connectivity index (χ0n) is 18.8. The number of hydrogen-bond acceptors (Lipinski definition) is 5. The number of carbonyl (C=O) groups is 3. The molecule has 0 atom stereocenters. The standard InChI is InChI=1S/C24H22F3N3O5/c1-14-11-20(15(2)30(14)18-7-9-19(10-8-18)35-24(25,26)27)21(31)13-34-22(32)17-5-3-16(4-6-17)12-29-23(28)33/h3-11H,12-13H2,1-2H3,(H3,28,29,33). The topological polar surface area (TPSA) is 113 Å². The molecule has 0 bridgehead atoms. The Kier molecular flexibility index (Phi) is 7.48. The SMILES string of the molecule is Cc1cc(C(=O)COC(=O)c2ccc(CNC(N)=O)cc2)c(C)n1-c1ccc(OC(F)(F)F)cc1. The van der Waals surface area contributed by atoms with Crippen molar-refractivity contribution in [2.24, 2.45) is 5.73 Å². The van der Waals surface area contributed by atoms with E-state index >= 15 is 0 Å². The van der Waals surface area contributed by atoms with Crippen LogP contribution < -0.4 is 15.8 Å². The van der Waals surface area contributed by atoms with Crippen LogP contribution in [0.4, 0.5) is 18.0 Å². The number of carbonyl (C=O) groups excluding carboxylic acids is 3. The fourth-order valence-electron chi connectivity index (χ4n) is 3.48. The van der Waals surface area contributed by atoms with Gasteiger partial charge in [0.05, 0.1) is 5.56 Å². The number of halogens is 3. The molecular weight excluding hydrogens is 467 g/mol. The number of urea groups is 1. The van der Waals surface area contributed by atoms with Gasteiger partial charge in [-0.3, -0.25) is 4.79 Å². The van der Waals surface area contributed by atoms with Crippen molar-refractivity contribution in [1.82, 2.24) is 9.88 Å². The lowest BCUT2D eigenvalue weighted by Gasteiger charge is -2.12. The van der Waals surface area contributed by atoms with Gasteiger partial charge < -0.3 is 25.1 Å². The highest BCUT2D eigenvalue weighted by atomic mass is 19.4. The van der Waals surface area contributed by atoms with Crippen LogP contribution in [0.5, 0.6) is 5.75 Å². The normalized spacial score (nSPS) is 11.1. The van der Waals surface area contributed by atoms with Crippen LogP contribution in [-0.2, 0) is 11.3 Å². The number of nitrogens with two attached hydrogens (primary N) is 1. The number of nitrogens with one attached hydrogen (secondary N) is 1. The van der Waals surface area contributed by atoms with Gasteiger partial charge in [-0.1, -0.05) is 12.1 Å². The molecule has 1 heterocycles. The van der Waals surface area contributed by atoms with Crippen molar-refractivity contribution >= 4 is 17.8 Å². The minimum Gasteiger partial charge on any atom is -0.454 e. The van der Waals surface area contributed by atoms with E-state index in [0.717, 1.165) is 5.56 Å². The molecule has 0 aliphatic heterocycles. The molecule has 0 fully saturated rings. The number of ether oxygens (including phenoxy) is 2. The number of aromatic nitrogens is 1. The molecule has 35 heavy (non-hydrogen) atoms. The van der Waals surface area contributed by atoms with E-state index in [9.17, 15) is 27.6 Å². The van der Waals surface area contributed by atoms with E-state index in [0.29, 0.717) is 22.6 Å². The number of ketones is 1. The molecule has 3 aromatic rings. The zero-order valence-corrected chi connectivity index (χ0v) is 18.8. The van der Waals surface area contributed by atoms with Gasteiger partial charge in [0.25, 0.3) is 0 Å². The number of amides is 2. The smallest absolute Gasteiger partial charge is 0.454 e. The van der Waals surface area contributed by atoms with Gasteiger partial charge in [0.1, 0.15) is 5.75 Å². The minimum absolute atomic E-state index is 0.205. The Balaban J connectivity index is 1.66. The summed E-state index contributed by atoms with van der Waals surface area (Å²) in [6.45, 7) is 3.13. The van der Waals surface area contributed by atoms with Crippen molar-refractivity contribution < 1.29 is 37.0 Å². The van der Waals surface area contributed by atoms with Crippen LogP contribution in [-0.4, -0.2) is 35.3 Å². The van der Waals surface area contributed by atoms with Gasteiger partial charge in [0.2, 0.25) is 5.78 Å². The maximum atomic E-state index is 12.7. The molecule has 11 heteroatoms. The third-order valence-corrected chi connectivity index (χ3v) is 5.05. The van der Waals surface area contributed by atoms with Crippen molar-refractivity contribution in [2.45, 2.75) is 26.8 Å². The number of hydrogen-bond donors (Lipinski definition) is 2. The lowest BCUT2D eigenvalue weighted by Crippen LogP contribution is -2.28. The van der Waals surface area contributed by atoms with Crippen LogP contribution >= 0.6 is 0 Å². The molecule has 0 radical (unpaired) electrons. The molecule has 0 unspecified atom stereocenters. The molecule has 184 valence electrons. The van der Waals surface area contributed by atoms with Crippen LogP contribution in [0.2, 0.25) is 0 Å². The van der Waals surface area contributed by atoms with Gasteiger partial charge in [-0.15, -0.1) is 13.2 Å². The lowest BCUT2D eigenvalue weighted by molar-refractivity contribution is -0.274. The average Bonchev–Trinajstić information content (AvgIpc) is 3.09. The third-order valence-electron chi connectivity index (χ3n) is 5.05. The predicted molar refractivity (Wildman–Crippen MR) is 119 cm³/mol. The number of primary amides is 1. The Hall–Kier alpha value is -4.28. The maximum Gasteiger partial charge on any atom is 0.573 e. The first-order chi connectivity index (χ1) is 16.4. The van der Waals surface area contributed by atoms with Crippen LogP contribution in [0.1, 0.15) is 37.7 Å². The molecule has 0 spiro atoms. The quantitative estimate of drug-likeness (QED) is 0.364. The van der Waals surface area contributed by atoms with Gasteiger partial charge >= 0.3 is 18.4 Å². The fourth-order valence-corrected chi connectivity index (χ4v) is 3.48. The minimum atomic E-state index is -4.79. The zero-order chi connectivity index (χ0) is 25.8. The second-order valence-corrected chi connectivity index (χ2v) is 7.58. The van der Waals surface area contributed by atoms with Gasteiger partial charge in [0, 0.05) is 29.2 Å². The Morgan fingerprint density at radius 2 is 1.63 bits per heavy atom. The summed E-state index contributed by atoms with van der Waals surface area (Å²) in [5.41, 5.74) is 8.03. The molecule has 0 saturated heterocycles. The summed E-state index contributed by atoms with van der Waals surface area (Å²) >= 11 is 0.